The van der Waals surface area contributed by atoms with E-state index in [1.54, 1.807) is 22.3 Å². The van der Waals surface area contributed by atoms with Gasteiger partial charge in [-0.2, -0.15) is 0 Å². The molecule has 0 spiro atoms. The van der Waals surface area contributed by atoms with E-state index in [4.69, 9.17) is 9.47 Å². The van der Waals surface area contributed by atoms with Crippen LogP contribution in [0.25, 0.3) is 6.08 Å². The van der Waals surface area contributed by atoms with E-state index in [2.05, 4.69) is 0 Å². The van der Waals surface area contributed by atoms with Crippen LogP contribution in [0, 0.1) is 0 Å². The van der Waals surface area contributed by atoms with Gasteiger partial charge in [0.05, 0.1) is 6.54 Å². The number of rotatable bonds is 5. The number of hydrogen-bond donors (Lipinski definition) is 0. The maximum Gasteiger partial charge on any atom is 0.246 e. The minimum Gasteiger partial charge on any atom is -0.486 e. The lowest BCUT2D eigenvalue weighted by atomic mass is 10.2. The highest BCUT2D eigenvalue weighted by molar-refractivity contribution is 7.10. The van der Waals surface area contributed by atoms with Crippen molar-refractivity contribution in [1.29, 1.82) is 0 Å². The van der Waals surface area contributed by atoms with Crippen LogP contribution in [0.3, 0.4) is 0 Å². The zero-order valence-corrected chi connectivity index (χ0v) is 13.8. The number of thiophene rings is 1. The van der Waals surface area contributed by atoms with Gasteiger partial charge < -0.3 is 14.4 Å². The van der Waals surface area contributed by atoms with Crippen molar-refractivity contribution in [3.63, 3.8) is 0 Å². The number of carbonyl (C=O) groups is 1. The molecule has 0 radical (unpaired) electrons. The van der Waals surface area contributed by atoms with Crippen molar-refractivity contribution in [1.82, 2.24) is 4.90 Å². The summed E-state index contributed by atoms with van der Waals surface area (Å²) in [4.78, 5) is 15.2. The first kappa shape index (κ1) is 15.6. The SMILES string of the molecule is CCN(CC1COc2ccccc2O1)C(=O)C=Cc1cccs1. The molecule has 3 rings (SSSR count). The van der Waals surface area contributed by atoms with Gasteiger partial charge in [-0.05, 0) is 36.6 Å². The maximum absolute atomic E-state index is 12.3. The molecule has 1 atom stereocenters. The summed E-state index contributed by atoms with van der Waals surface area (Å²) in [5.74, 6) is 1.49. The second-order valence-corrected chi connectivity index (χ2v) is 6.20. The number of nitrogens with zero attached hydrogens (tertiary/aromatic N) is 1. The van der Waals surface area contributed by atoms with E-state index >= 15 is 0 Å². The van der Waals surface area contributed by atoms with Crippen LogP contribution in [0.2, 0.25) is 0 Å². The Bertz CT molecular complexity index is 681. The first-order valence-corrected chi connectivity index (χ1v) is 8.53. The molecule has 0 aliphatic carbocycles. The van der Waals surface area contributed by atoms with Crippen molar-refractivity contribution >= 4 is 23.3 Å². The first-order chi connectivity index (χ1) is 11.3. The molecular weight excluding hydrogens is 310 g/mol. The number of ether oxygens (including phenoxy) is 2. The Morgan fingerprint density at radius 2 is 2.13 bits per heavy atom. The Morgan fingerprint density at radius 1 is 1.30 bits per heavy atom. The zero-order chi connectivity index (χ0) is 16.1. The van der Waals surface area contributed by atoms with E-state index in [9.17, 15) is 4.79 Å². The standard InChI is InChI=1S/C18H19NO3S/c1-2-19(18(20)10-9-15-6-5-11-23-15)12-14-13-21-16-7-3-4-8-17(16)22-14/h3-11,14H,2,12-13H2,1H3. The lowest BCUT2D eigenvalue weighted by Crippen LogP contribution is -2.43. The predicted molar refractivity (Wildman–Crippen MR) is 92.0 cm³/mol. The van der Waals surface area contributed by atoms with Crippen LogP contribution in [0.5, 0.6) is 11.5 Å². The fraction of sp³-hybridized carbons (Fsp3) is 0.278. The van der Waals surface area contributed by atoms with Crippen LogP contribution >= 0.6 is 11.3 Å². The summed E-state index contributed by atoms with van der Waals surface area (Å²) in [5.41, 5.74) is 0. The van der Waals surface area contributed by atoms with Gasteiger partial charge in [-0.15, -0.1) is 11.3 Å². The Labute approximate surface area is 140 Å². The monoisotopic (exact) mass is 329 g/mol. The quantitative estimate of drug-likeness (QED) is 0.789. The zero-order valence-electron chi connectivity index (χ0n) is 13.0. The molecule has 120 valence electrons. The number of fused-ring (bicyclic) bond motifs is 1. The van der Waals surface area contributed by atoms with Gasteiger partial charge in [-0.1, -0.05) is 18.2 Å². The molecule has 0 bridgehead atoms. The molecule has 0 N–H and O–H groups in total. The Kier molecular flexibility index (Phi) is 4.98. The second kappa shape index (κ2) is 7.33. The van der Waals surface area contributed by atoms with Gasteiger partial charge in [0.1, 0.15) is 6.61 Å². The van der Waals surface area contributed by atoms with E-state index in [0.29, 0.717) is 19.7 Å². The molecule has 1 aliphatic rings. The first-order valence-electron chi connectivity index (χ1n) is 7.65. The molecule has 5 heteroatoms. The van der Waals surface area contributed by atoms with Crippen molar-refractivity contribution in [2.24, 2.45) is 0 Å². The molecule has 1 aromatic heterocycles. The molecule has 4 nitrogen and oxygen atoms in total. The predicted octanol–water partition coefficient (Wildman–Crippen LogP) is 3.45. The second-order valence-electron chi connectivity index (χ2n) is 5.22. The van der Waals surface area contributed by atoms with Gasteiger partial charge in [-0.3, -0.25) is 4.79 Å². The lowest BCUT2D eigenvalue weighted by molar-refractivity contribution is -0.127. The summed E-state index contributed by atoms with van der Waals surface area (Å²) in [7, 11) is 0. The number of hydrogen-bond acceptors (Lipinski definition) is 4. The van der Waals surface area contributed by atoms with Crippen molar-refractivity contribution in [2.75, 3.05) is 19.7 Å². The third kappa shape index (κ3) is 3.93. The summed E-state index contributed by atoms with van der Waals surface area (Å²) < 4.78 is 11.6. The minimum absolute atomic E-state index is 0.0108. The average molecular weight is 329 g/mol. The third-order valence-corrected chi connectivity index (χ3v) is 4.46. The normalized spacial score (nSPS) is 16.5. The average Bonchev–Trinajstić information content (AvgIpc) is 3.11. The molecule has 2 heterocycles. The Balaban J connectivity index is 1.60. The van der Waals surface area contributed by atoms with Crippen LogP contribution < -0.4 is 9.47 Å². The summed E-state index contributed by atoms with van der Waals surface area (Å²) in [6.07, 6.45) is 3.32. The van der Waals surface area contributed by atoms with Crippen molar-refractivity contribution in [3.05, 3.63) is 52.7 Å². The smallest absolute Gasteiger partial charge is 0.246 e. The van der Waals surface area contributed by atoms with Crippen molar-refractivity contribution in [2.45, 2.75) is 13.0 Å². The van der Waals surface area contributed by atoms with Crippen molar-refractivity contribution < 1.29 is 14.3 Å². The highest BCUT2D eigenvalue weighted by atomic mass is 32.1. The molecule has 1 aliphatic heterocycles. The number of benzene rings is 1. The highest BCUT2D eigenvalue weighted by Crippen LogP contribution is 2.31. The van der Waals surface area contributed by atoms with E-state index in [0.717, 1.165) is 16.4 Å². The molecule has 1 unspecified atom stereocenters. The number of likely N-dealkylation sites (N-methyl/N-ethyl adjacent to an activating group) is 1. The van der Waals surface area contributed by atoms with E-state index in [-0.39, 0.29) is 12.0 Å². The molecule has 1 amide bonds. The molecule has 23 heavy (non-hydrogen) atoms. The largest absolute Gasteiger partial charge is 0.486 e. The summed E-state index contributed by atoms with van der Waals surface area (Å²) >= 11 is 1.61. The van der Waals surface area contributed by atoms with Crippen LogP contribution in [0.15, 0.2) is 47.9 Å². The van der Waals surface area contributed by atoms with E-state index in [1.165, 1.54) is 0 Å². The minimum atomic E-state index is -0.149. The van der Waals surface area contributed by atoms with Crippen molar-refractivity contribution in [3.8, 4) is 11.5 Å². The maximum atomic E-state index is 12.3. The number of amides is 1. The van der Waals surface area contributed by atoms with Crippen LogP contribution in [-0.2, 0) is 4.79 Å². The summed E-state index contributed by atoms with van der Waals surface area (Å²) in [5, 5.41) is 1.99. The highest BCUT2D eigenvalue weighted by Gasteiger charge is 2.23. The molecule has 1 aromatic carbocycles. The Morgan fingerprint density at radius 3 is 2.87 bits per heavy atom. The molecule has 0 saturated carbocycles. The fourth-order valence-corrected chi connectivity index (χ4v) is 3.04. The van der Waals surface area contributed by atoms with Gasteiger partial charge in [0.15, 0.2) is 17.6 Å². The Hall–Kier alpha value is -2.27. The molecule has 0 saturated heterocycles. The van der Waals surface area contributed by atoms with Gasteiger partial charge in [-0.25, -0.2) is 0 Å². The molecule has 2 aromatic rings. The topological polar surface area (TPSA) is 38.8 Å². The van der Waals surface area contributed by atoms with Crippen LogP contribution in [0.4, 0.5) is 0 Å². The summed E-state index contributed by atoms with van der Waals surface area (Å²) in [6, 6.07) is 11.6. The molecule has 0 fully saturated rings. The van der Waals surface area contributed by atoms with Gasteiger partial charge in [0.25, 0.3) is 0 Å². The van der Waals surface area contributed by atoms with E-state index < -0.39 is 0 Å². The van der Waals surface area contributed by atoms with Gasteiger partial charge in [0, 0.05) is 17.5 Å². The van der Waals surface area contributed by atoms with Gasteiger partial charge in [0.2, 0.25) is 5.91 Å². The van der Waals surface area contributed by atoms with Gasteiger partial charge >= 0.3 is 0 Å². The van der Waals surface area contributed by atoms with Crippen LogP contribution in [-0.4, -0.2) is 36.6 Å². The summed E-state index contributed by atoms with van der Waals surface area (Å²) in [6.45, 7) is 3.57. The lowest BCUT2D eigenvalue weighted by Gasteiger charge is -2.30. The number of carbonyl (C=O) groups excluding carboxylic acids is 1. The molecular formula is C18H19NO3S. The third-order valence-electron chi connectivity index (χ3n) is 3.62. The van der Waals surface area contributed by atoms with Crippen LogP contribution in [0.1, 0.15) is 11.8 Å². The number of para-hydroxylation sites is 2. The van der Waals surface area contributed by atoms with E-state index in [1.807, 2.05) is 54.8 Å². The fourth-order valence-electron chi connectivity index (χ4n) is 2.42.